The van der Waals surface area contributed by atoms with Gasteiger partial charge in [0.1, 0.15) is 17.6 Å². The Balaban J connectivity index is 1.64. The number of aliphatic carboxylic acids is 1. The Morgan fingerprint density at radius 2 is 1.91 bits per heavy atom. The second-order valence-electron chi connectivity index (χ2n) is 9.20. The first-order chi connectivity index (χ1) is 16.4. The lowest BCUT2D eigenvalue weighted by molar-refractivity contribution is -0.150. The largest absolute Gasteiger partial charge is 0.481 e. The van der Waals surface area contributed by atoms with Crippen molar-refractivity contribution in [3.8, 4) is 0 Å². The summed E-state index contributed by atoms with van der Waals surface area (Å²) in [6.07, 6.45) is 7.31. The van der Waals surface area contributed by atoms with Gasteiger partial charge in [-0.3, -0.25) is 14.4 Å². The Morgan fingerprint density at radius 1 is 1.18 bits per heavy atom. The zero-order valence-corrected chi connectivity index (χ0v) is 19.2. The Morgan fingerprint density at radius 3 is 2.59 bits per heavy atom. The zero-order valence-electron chi connectivity index (χ0n) is 19.2. The van der Waals surface area contributed by atoms with E-state index in [0.717, 1.165) is 18.4 Å². The lowest BCUT2D eigenvalue weighted by Crippen LogP contribution is -2.55. The molecule has 0 radical (unpaired) electrons. The number of hydrogen-bond acceptors (Lipinski definition) is 5. The van der Waals surface area contributed by atoms with Crippen LogP contribution in [-0.2, 0) is 25.7 Å². The van der Waals surface area contributed by atoms with Crippen molar-refractivity contribution >= 4 is 17.8 Å². The number of carboxylic acids is 1. The van der Waals surface area contributed by atoms with Crippen LogP contribution in [0.25, 0.3) is 0 Å². The molecule has 0 aromatic heterocycles. The van der Waals surface area contributed by atoms with Gasteiger partial charge in [-0.15, -0.1) is 6.58 Å². The summed E-state index contributed by atoms with van der Waals surface area (Å²) in [5, 5.41) is 18.9. The maximum Gasteiger partial charge on any atom is 0.310 e. The highest BCUT2D eigenvalue weighted by molar-refractivity contribution is 5.99. The minimum atomic E-state index is -1.27. The van der Waals surface area contributed by atoms with E-state index in [1.807, 2.05) is 30.3 Å². The maximum atomic E-state index is 14.0. The first-order valence-corrected chi connectivity index (χ1v) is 11.9. The monoisotopic (exact) mass is 468 g/mol. The number of ether oxygens (including phenoxy) is 1. The van der Waals surface area contributed by atoms with Crippen LogP contribution in [-0.4, -0.2) is 75.2 Å². The van der Waals surface area contributed by atoms with Crippen molar-refractivity contribution in [1.29, 1.82) is 0 Å². The fourth-order valence-electron chi connectivity index (χ4n) is 5.58. The van der Waals surface area contributed by atoms with Crippen molar-refractivity contribution in [2.24, 2.45) is 11.8 Å². The Labute approximate surface area is 199 Å². The lowest BCUT2D eigenvalue weighted by Gasteiger charge is -2.36. The molecule has 5 unspecified atom stereocenters. The zero-order chi connectivity index (χ0) is 24.3. The van der Waals surface area contributed by atoms with Crippen LogP contribution < -0.4 is 0 Å². The average Bonchev–Trinajstić information content (AvgIpc) is 3.46. The van der Waals surface area contributed by atoms with E-state index >= 15 is 0 Å². The number of benzene rings is 1. The quantitative estimate of drug-likeness (QED) is 0.359. The van der Waals surface area contributed by atoms with Crippen molar-refractivity contribution in [2.45, 2.75) is 50.0 Å². The number of likely N-dealkylation sites (tertiary alicyclic amines) is 1. The van der Waals surface area contributed by atoms with E-state index in [1.165, 1.54) is 4.90 Å². The number of carbonyl (C=O) groups is 3. The molecule has 0 aliphatic carbocycles. The molecule has 8 heteroatoms. The van der Waals surface area contributed by atoms with E-state index in [2.05, 4.69) is 6.58 Å². The van der Waals surface area contributed by atoms with Gasteiger partial charge in [-0.2, -0.15) is 0 Å². The summed E-state index contributed by atoms with van der Waals surface area (Å²) < 4.78 is 6.15. The molecule has 2 saturated heterocycles. The average molecular weight is 469 g/mol. The Bertz CT molecular complexity index is 963. The van der Waals surface area contributed by atoms with E-state index in [9.17, 15) is 19.5 Å². The van der Waals surface area contributed by atoms with Crippen LogP contribution in [0.15, 0.2) is 55.1 Å². The van der Waals surface area contributed by atoms with Gasteiger partial charge in [0.2, 0.25) is 11.8 Å². The van der Waals surface area contributed by atoms with Gasteiger partial charge in [-0.1, -0.05) is 61.4 Å². The van der Waals surface area contributed by atoms with Crippen LogP contribution in [0.3, 0.4) is 0 Å². The van der Waals surface area contributed by atoms with Gasteiger partial charge >= 0.3 is 5.97 Å². The Hall–Kier alpha value is -2.97. The third-order valence-electron chi connectivity index (χ3n) is 7.08. The molecule has 3 aliphatic heterocycles. The lowest BCUT2D eigenvalue weighted by atomic mass is 9.74. The van der Waals surface area contributed by atoms with Crippen molar-refractivity contribution in [1.82, 2.24) is 9.80 Å². The van der Waals surface area contributed by atoms with Gasteiger partial charge in [0, 0.05) is 26.2 Å². The normalized spacial score (nSPS) is 28.9. The van der Waals surface area contributed by atoms with Gasteiger partial charge in [0.15, 0.2) is 0 Å². The molecule has 2 amide bonds. The summed E-state index contributed by atoms with van der Waals surface area (Å²) in [6, 6.07) is 8.64. The Kier molecular flexibility index (Phi) is 7.19. The number of nitrogens with zero attached hydrogens (tertiary/aromatic N) is 2. The van der Waals surface area contributed by atoms with Gasteiger partial charge < -0.3 is 24.7 Å². The molecule has 3 aliphatic rings. The molecule has 182 valence electrons. The number of aliphatic hydroxyl groups excluding tert-OH is 1. The summed E-state index contributed by atoms with van der Waals surface area (Å²) in [6.45, 7) is 4.88. The summed E-state index contributed by atoms with van der Waals surface area (Å²) in [5.74, 6) is -3.62. The third-order valence-corrected chi connectivity index (χ3v) is 7.08. The van der Waals surface area contributed by atoms with E-state index < -0.39 is 35.6 Å². The number of rotatable bonds is 12. The number of fused-ring (bicyclic) bond motifs is 1. The smallest absolute Gasteiger partial charge is 0.310 e. The maximum absolute atomic E-state index is 14.0. The molecule has 2 N–H and O–H groups in total. The summed E-state index contributed by atoms with van der Waals surface area (Å²) in [5.41, 5.74) is -0.328. The molecule has 1 aromatic carbocycles. The first-order valence-electron chi connectivity index (χ1n) is 11.9. The van der Waals surface area contributed by atoms with E-state index in [1.54, 1.807) is 23.1 Å². The van der Waals surface area contributed by atoms with E-state index in [-0.39, 0.29) is 18.4 Å². The van der Waals surface area contributed by atoms with Crippen LogP contribution in [0, 0.1) is 11.8 Å². The van der Waals surface area contributed by atoms with E-state index in [4.69, 9.17) is 9.84 Å². The van der Waals surface area contributed by atoms with Gasteiger partial charge in [0.05, 0.1) is 12.0 Å². The highest BCUT2D eigenvalue weighted by Crippen LogP contribution is 2.55. The molecule has 2 fully saturated rings. The highest BCUT2D eigenvalue weighted by atomic mass is 16.5. The van der Waals surface area contributed by atoms with Crippen LogP contribution in [0.4, 0.5) is 0 Å². The molecular formula is C26H32N2O6. The number of unbranched alkanes of at least 4 members (excludes halogenated alkanes) is 3. The topological polar surface area (TPSA) is 107 Å². The first kappa shape index (κ1) is 24.2. The highest BCUT2D eigenvalue weighted by Gasteiger charge is 2.73. The number of aliphatic hydroxyl groups is 1. The van der Waals surface area contributed by atoms with Crippen molar-refractivity contribution in [2.75, 3.05) is 19.7 Å². The summed E-state index contributed by atoms with van der Waals surface area (Å²) >= 11 is 0. The second kappa shape index (κ2) is 10.1. The van der Waals surface area contributed by atoms with Gasteiger partial charge in [-0.05, 0) is 18.4 Å². The molecule has 5 atom stereocenters. The van der Waals surface area contributed by atoms with Gasteiger partial charge in [-0.25, -0.2) is 0 Å². The van der Waals surface area contributed by atoms with Crippen LogP contribution in [0.5, 0.6) is 0 Å². The fourth-order valence-corrected chi connectivity index (χ4v) is 5.58. The molecule has 3 heterocycles. The SMILES string of the molecule is C=CCN(Cc1ccccc1)C(=O)C1N(CCCCCCO)C(=O)C2C(C(=O)O)C3C=CC21O3. The van der Waals surface area contributed by atoms with Crippen molar-refractivity contribution in [3.63, 3.8) is 0 Å². The summed E-state index contributed by atoms with van der Waals surface area (Å²) in [7, 11) is 0. The molecule has 1 spiro atoms. The standard InChI is InChI=1S/C26H32N2O6/c1-2-14-27(17-18-10-6-5-7-11-18)24(31)22-26-13-12-19(34-26)20(25(32)33)21(26)23(30)28(22)15-8-3-4-9-16-29/h2,5-7,10-13,19-22,29H,1,3-4,8-9,14-17H2,(H,32,33). The van der Waals surface area contributed by atoms with Gasteiger partial charge in [0.25, 0.3) is 0 Å². The number of amides is 2. The second-order valence-corrected chi connectivity index (χ2v) is 9.20. The van der Waals surface area contributed by atoms with Crippen LogP contribution in [0.1, 0.15) is 31.2 Å². The predicted octanol–water partition coefficient (Wildman–Crippen LogP) is 1.99. The predicted molar refractivity (Wildman–Crippen MR) is 124 cm³/mol. The number of carboxylic acid groups (broad SMARTS) is 1. The minimum Gasteiger partial charge on any atom is -0.481 e. The molecule has 1 aromatic rings. The summed E-state index contributed by atoms with van der Waals surface area (Å²) in [4.78, 5) is 42.8. The molecule has 0 saturated carbocycles. The van der Waals surface area contributed by atoms with E-state index in [0.29, 0.717) is 32.5 Å². The number of carbonyl (C=O) groups excluding carboxylic acids is 2. The molecule has 34 heavy (non-hydrogen) atoms. The fraction of sp³-hybridized carbons (Fsp3) is 0.500. The van der Waals surface area contributed by atoms with Crippen molar-refractivity contribution < 1.29 is 29.3 Å². The van der Waals surface area contributed by atoms with Crippen LogP contribution in [0.2, 0.25) is 0 Å². The third kappa shape index (κ3) is 4.16. The van der Waals surface area contributed by atoms with Crippen molar-refractivity contribution in [3.05, 3.63) is 60.7 Å². The molecule has 2 bridgehead atoms. The minimum absolute atomic E-state index is 0.116. The molecule has 8 nitrogen and oxygen atoms in total. The van der Waals surface area contributed by atoms with Crippen LogP contribution >= 0.6 is 0 Å². The molecular weight excluding hydrogens is 436 g/mol. The molecule has 4 rings (SSSR count). The number of hydrogen-bond donors (Lipinski definition) is 2.